The molecule has 2 N–H and O–H groups in total. The highest BCUT2D eigenvalue weighted by molar-refractivity contribution is 7.07. The smallest absolute Gasteiger partial charge is 0.349 e. The molecule has 2 heterocycles. The number of rotatable bonds is 3. The Morgan fingerprint density at radius 1 is 1.46 bits per heavy atom. The number of aliphatic carboxylic acids is 1. The number of fused-ring (bicyclic) bond motifs is 1. The molecule has 3 aromatic rings. The van der Waals surface area contributed by atoms with E-state index in [1.807, 2.05) is 24.3 Å². The van der Waals surface area contributed by atoms with Gasteiger partial charge in [-0.25, -0.2) is 4.79 Å². The molecule has 120 valence electrons. The molecule has 2 aromatic heterocycles. The van der Waals surface area contributed by atoms with Crippen molar-refractivity contribution in [3.8, 4) is 6.07 Å². The Morgan fingerprint density at radius 3 is 2.88 bits per heavy atom. The molecule has 0 saturated heterocycles. The van der Waals surface area contributed by atoms with E-state index in [-0.39, 0.29) is 10.2 Å². The van der Waals surface area contributed by atoms with Gasteiger partial charge in [-0.05, 0) is 19.1 Å². The molecule has 0 radical (unpaired) electrons. The van der Waals surface area contributed by atoms with Crippen LogP contribution < -0.4 is 14.8 Å². The molecule has 7 heteroatoms. The molecule has 0 saturated carbocycles. The van der Waals surface area contributed by atoms with Gasteiger partial charge < -0.3 is 10.1 Å². The number of carbonyl (C=O) groups is 1. The van der Waals surface area contributed by atoms with Crippen LogP contribution in [0.3, 0.4) is 0 Å². The number of carboxylic acid groups (broad SMARTS) is 1. The lowest BCUT2D eigenvalue weighted by molar-refractivity contribution is -0.130. The van der Waals surface area contributed by atoms with Crippen molar-refractivity contribution in [2.24, 2.45) is 0 Å². The summed E-state index contributed by atoms with van der Waals surface area (Å²) in [6.45, 7) is 2.04. The van der Waals surface area contributed by atoms with E-state index in [4.69, 9.17) is 10.4 Å². The highest BCUT2D eigenvalue weighted by Gasteiger charge is 2.14. The number of thiazole rings is 1. The molecule has 0 atom stereocenters. The zero-order valence-corrected chi connectivity index (χ0v) is 13.6. The van der Waals surface area contributed by atoms with E-state index in [1.165, 1.54) is 4.57 Å². The Labute approximate surface area is 140 Å². The number of aromatic amines is 1. The van der Waals surface area contributed by atoms with Gasteiger partial charge in [0.2, 0.25) is 0 Å². The maximum absolute atomic E-state index is 12.5. The van der Waals surface area contributed by atoms with Crippen LogP contribution in [0, 0.1) is 11.3 Å². The predicted molar refractivity (Wildman–Crippen MR) is 92.0 cm³/mol. The second-order valence-electron chi connectivity index (χ2n) is 5.05. The van der Waals surface area contributed by atoms with Crippen molar-refractivity contribution in [3.63, 3.8) is 0 Å². The summed E-state index contributed by atoms with van der Waals surface area (Å²) >= 11 is 1.02. The molecule has 0 aliphatic heterocycles. The minimum absolute atomic E-state index is 0.170. The maximum atomic E-state index is 12.5. The third kappa shape index (κ3) is 2.53. The van der Waals surface area contributed by atoms with Crippen LogP contribution >= 0.6 is 11.3 Å². The molecule has 1 aromatic carbocycles. The van der Waals surface area contributed by atoms with Gasteiger partial charge >= 0.3 is 5.97 Å². The van der Waals surface area contributed by atoms with Crippen LogP contribution in [0.4, 0.5) is 0 Å². The summed E-state index contributed by atoms with van der Waals surface area (Å²) in [5.41, 5.74) is 1.08. The van der Waals surface area contributed by atoms with Crippen molar-refractivity contribution in [2.45, 2.75) is 13.5 Å². The van der Waals surface area contributed by atoms with Gasteiger partial charge in [-0.2, -0.15) is 5.26 Å². The highest BCUT2D eigenvalue weighted by atomic mass is 32.1. The number of nitrogens with one attached hydrogen (secondary N) is 1. The third-order valence-electron chi connectivity index (χ3n) is 3.67. The van der Waals surface area contributed by atoms with Crippen LogP contribution in [0.25, 0.3) is 22.6 Å². The Morgan fingerprint density at radius 2 is 2.21 bits per heavy atom. The number of aromatic nitrogens is 2. The SMILES string of the molecule is CCn1c(=O)/c(=C/c2c[nH]c3ccccc23)s/c1=C(/C#N)C(=O)O. The van der Waals surface area contributed by atoms with Gasteiger partial charge in [0.1, 0.15) is 10.7 Å². The molecule has 0 aliphatic rings. The van der Waals surface area contributed by atoms with Gasteiger partial charge in [0.05, 0.1) is 4.53 Å². The van der Waals surface area contributed by atoms with Crippen molar-refractivity contribution in [1.29, 1.82) is 5.26 Å². The van der Waals surface area contributed by atoms with Crippen LogP contribution in [0.2, 0.25) is 0 Å². The Balaban J connectivity index is 2.35. The molecule has 0 fully saturated rings. The number of hydrogen-bond acceptors (Lipinski definition) is 4. The zero-order chi connectivity index (χ0) is 17.3. The number of carboxylic acids is 1. The van der Waals surface area contributed by atoms with Gasteiger partial charge in [-0.15, -0.1) is 11.3 Å². The molecule has 3 rings (SSSR count). The van der Waals surface area contributed by atoms with Gasteiger partial charge in [0, 0.05) is 29.2 Å². The number of benzene rings is 1. The van der Waals surface area contributed by atoms with Gasteiger partial charge in [0.25, 0.3) is 5.56 Å². The largest absolute Gasteiger partial charge is 0.477 e. The topological polar surface area (TPSA) is 98.9 Å². The van der Waals surface area contributed by atoms with Gasteiger partial charge in [-0.1, -0.05) is 18.2 Å². The van der Waals surface area contributed by atoms with E-state index < -0.39 is 11.5 Å². The minimum atomic E-state index is -1.33. The van der Waals surface area contributed by atoms with Crippen molar-refractivity contribution in [2.75, 3.05) is 0 Å². The molecular weight excluding hydrogens is 326 g/mol. The number of hydrogen-bond donors (Lipinski definition) is 2. The van der Waals surface area contributed by atoms with Crippen LogP contribution in [-0.4, -0.2) is 20.6 Å². The van der Waals surface area contributed by atoms with Crippen molar-refractivity contribution in [1.82, 2.24) is 9.55 Å². The Kier molecular flexibility index (Phi) is 4.06. The molecule has 24 heavy (non-hydrogen) atoms. The first-order chi connectivity index (χ1) is 11.6. The quantitative estimate of drug-likeness (QED) is 0.743. The molecule has 0 bridgehead atoms. The van der Waals surface area contributed by atoms with Crippen molar-refractivity contribution >= 4 is 39.9 Å². The van der Waals surface area contributed by atoms with E-state index in [0.717, 1.165) is 27.8 Å². The molecule has 0 aliphatic carbocycles. The van der Waals surface area contributed by atoms with Crippen LogP contribution in [0.5, 0.6) is 0 Å². The first-order valence-electron chi connectivity index (χ1n) is 7.22. The Hall–Kier alpha value is -3.11. The van der Waals surface area contributed by atoms with Gasteiger partial charge in [0.15, 0.2) is 5.57 Å². The summed E-state index contributed by atoms with van der Waals surface area (Å²) in [7, 11) is 0. The normalized spacial score (nSPS) is 13.1. The van der Waals surface area contributed by atoms with E-state index in [1.54, 1.807) is 25.3 Å². The molecular formula is C17H13N3O3S. The summed E-state index contributed by atoms with van der Waals surface area (Å²) in [6.07, 6.45) is 3.52. The molecule has 6 nitrogen and oxygen atoms in total. The third-order valence-corrected chi connectivity index (χ3v) is 4.80. The minimum Gasteiger partial charge on any atom is -0.477 e. The lowest BCUT2D eigenvalue weighted by Gasteiger charge is -1.95. The van der Waals surface area contributed by atoms with Crippen molar-refractivity contribution < 1.29 is 9.90 Å². The van der Waals surface area contributed by atoms with E-state index in [0.29, 0.717) is 11.1 Å². The first kappa shape index (κ1) is 15.8. The second kappa shape index (κ2) is 6.18. The second-order valence-corrected chi connectivity index (χ2v) is 6.08. The van der Waals surface area contributed by atoms with Gasteiger partial charge in [-0.3, -0.25) is 9.36 Å². The molecule has 0 amide bonds. The standard InChI is InChI=1S/C17H13N3O3S/c1-2-20-15(21)14(24-16(20)12(8-18)17(22)23)7-10-9-19-13-6-4-3-5-11(10)13/h3-7,9,19H,2H2,1H3,(H,22,23)/b14-7-,16-12-. The lowest BCUT2D eigenvalue weighted by Crippen LogP contribution is -2.32. The lowest BCUT2D eigenvalue weighted by atomic mass is 10.2. The van der Waals surface area contributed by atoms with Crippen molar-refractivity contribution in [3.05, 3.63) is 55.6 Å². The fourth-order valence-corrected chi connectivity index (χ4v) is 3.68. The summed E-state index contributed by atoms with van der Waals surface area (Å²) in [5.74, 6) is -1.33. The van der Waals surface area contributed by atoms with Crippen LogP contribution in [0.15, 0.2) is 35.3 Å². The summed E-state index contributed by atoms with van der Waals surface area (Å²) in [4.78, 5) is 26.9. The summed E-state index contributed by atoms with van der Waals surface area (Å²) < 4.78 is 1.88. The van der Waals surface area contributed by atoms with Crippen LogP contribution in [-0.2, 0) is 11.3 Å². The highest BCUT2D eigenvalue weighted by Crippen LogP contribution is 2.17. The zero-order valence-electron chi connectivity index (χ0n) is 12.7. The number of nitriles is 1. The van der Waals surface area contributed by atoms with E-state index >= 15 is 0 Å². The summed E-state index contributed by atoms with van der Waals surface area (Å²) in [6, 6.07) is 9.36. The average Bonchev–Trinajstić information content (AvgIpc) is 3.10. The average molecular weight is 339 g/mol. The Bertz CT molecular complexity index is 1160. The van der Waals surface area contributed by atoms with E-state index in [2.05, 4.69) is 4.98 Å². The predicted octanol–water partition coefficient (Wildman–Crippen LogP) is 0.999. The maximum Gasteiger partial charge on any atom is 0.349 e. The summed E-state index contributed by atoms with van der Waals surface area (Å²) in [5, 5.41) is 19.2. The fourth-order valence-electron chi connectivity index (χ4n) is 2.53. The molecule has 0 unspecified atom stereocenters. The van der Waals surface area contributed by atoms with Crippen LogP contribution in [0.1, 0.15) is 12.5 Å². The number of nitrogens with zero attached hydrogens (tertiary/aromatic N) is 2. The number of H-pyrrole nitrogens is 1. The molecule has 0 spiro atoms. The first-order valence-corrected chi connectivity index (χ1v) is 8.03. The number of para-hydroxylation sites is 1. The monoisotopic (exact) mass is 339 g/mol. The fraction of sp³-hybridized carbons (Fsp3) is 0.118. The van der Waals surface area contributed by atoms with E-state index in [9.17, 15) is 9.59 Å².